The molecule has 22 heavy (non-hydrogen) atoms. The molecular weight excluding hydrogens is 280 g/mol. The second-order valence-electron chi connectivity index (χ2n) is 5.23. The summed E-state index contributed by atoms with van der Waals surface area (Å²) in [5, 5.41) is 14.6. The van der Waals surface area contributed by atoms with E-state index in [0.717, 1.165) is 16.7 Å². The van der Waals surface area contributed by atoms with Gasteiger partial charge in [0.15, 0.2) is 0 Å². The van der Waals surface area contributed by atoms with E-state index in [0.29, 0.717) is 5.69 Å². The average Bonchev–Trinajstić information content (AvgIpc) is 2.45. The quantitative estimate of drug-likeness (QED) is 0.589. The van der Waals surface area contributed by atoms with Crippen molar-refractivity contribution in [3.63, 3.8) is 0 Å². The number of aromatic hydroxyl groups is 1. The number of phenols is 1. The van der Waals surface area contributed by atoms with E-state index in [2.05, 4.69) is 10.6 Å². The van der Waals surface area contributed by atoms with E-state index in [1.165, 1.54) is 6.07 Å². The normalized spacial score (nSPS) is 10.1. The third-order valence-electron chi connectivity index (χ3n) is 3.37. The van der Waals surface area contributed by atoms with Gasteiger partial charge in [0.1, 0.15) is 5.75 Å². The number of carbonyl (C=O) groups excluding carboxylic acids is 2. The first kappa shape index (κ1) is 15.6. The maximum atomic E-state index is 11.9. The first-order chi connectivity index (χ1) is 10.4. The third kappa shape index (κ3) is 3.63. The fourth-order valence-electron chi connectivity index (χ4n) is 1.93. The SMILES string of the molecule is Cc1ccc(NC(=O)C(=O)Nc2ccc(C)c(C)c2)c(O)c1. The number of hydrogen-bond donors (Lipinski definition) is 3. The van der Waals surface area contributed by atoms with E-state index in [1.807, 2.05) is 26.8 Å². The van der Waals surface area contributed by atoms with E-state index in [1.54, 1.807) is 24.3 Å². The molecule has 0 bridgehead atoms. The lowest BCUT2D eigenvalue weighted by Crippen LogP contribution is -2.29. The van der Waals surface area contributed by atoms with Gasteiger partial charge in [0.05, 0.1) is 5.69 Å². The van der Waals surface area contributed by atoms with Gasteiger partial charge in [0.2, 0.25) is 0 Å². The Kier molecular flexibility index (Phi) is 4.46. The average molecular weight is 298 g/mol. The molecule has 0 aliphatic heterocycles. The molecule has 5 heteroatoms. The van der Waals surface area contributed by atoms with Crippen LogP contribution in [0.3, 0.4) is 0 Å². The van der Waals surface area contributed by atoms with Crippen LogP contribution in [0.2, 0.25) is 0 Å². The number of nitrogens with one attached hydrogen (secondary N) is 2. The van der Waals surface area contributed by atoms with E-state index >= 15 is 0 Å². The van der Waals surface area contributed by atoms with E-state index in [9.17, 15) is 14.7 Å². The summed E-state index contributed by atoms with van der Waals surface area (Å²) in [6.07, 6.45) is 0. The van der Waals surface area contributed by atoms with Gasteiger partial charge in [0, 0.05) is 5.69 Å². The lowest BCUT2D eigenvalue weighted by Gasteiger charge is -2.09. The van der Waals surface area contributed by atoms with Crippen LogP contribution in [0.25, 0.3) is 0 Å². The van der Waals surface area contributed by atoms with Crippen LogP contribution in [-0.2, 0) is 9.59 Å². The number of aryl methyl sites for hydroxylation is 3. The highest BCUT2D eigenvalue weighted by atomic mass is 16.3. The number of benzene rings is 2. The number of anilines is 2. The van der Waals surface area contributed by atoms with Gasteiger partial charge in [-0.25, -0.2) is 0 Å². The van der Waals surface area contributed by atoms with Gasteiger partial charge in [-0.1, -0.05) is 12.1 Å². The minimum absolute atomic E-state index is 0.0765. The molecule has 0 unspecified atom stereocenters. The molecule has 0 saturated carbocycles. The molecule has 0 aliphatic rings. The van der Waals surface area contributed by atoms with Crippen molar-refractivity contribution >= 4 is 23.2 Å². The molecule has 0 aromatic heterocycles. The molecule has 0 radical (unpaired) electrons. The van der Waals surface area contributed by atoms with Crippen molar-refractivity contribution in [2.45, 2.75) is 20.8 Å². The van der Waals surface area contributed by atoms with Gasteiger partial charge in [-0.3, -0.25) is 9.59 Å². The van der Waals surface area contributed by atoms with Crippen molar-refractivity contribution in [2.24, 2.45) is 0 Å². The second kappa shape index (κ2) is 6.30. The summed E-state index contributed by atoms with van der Waals surface area (Å²) in [6, 6.07) is 10.2. The summed E-state index contributed by atoms with van der Waals surface area (Å²) in [6.45, 7) is 5.71. The summed E-state index contributed by atoms with van der Waals surface area (Å²) in [7, 11) is 0. The predicted molar refractivity (Wildman–Crippen MR) is 86.0 cm³/mol. The molecule has 0 saturated heterocycles. The van der Waals surface area contributed by atoms with E-state index < -0.39 is 11.8 Å². The van der Waals surface area contributed by atoms with Gasteiger partial charge in [0.25, 0.3) is 0 Å². The zero-order chi connectivity index (χ0) is 16.3. The van der Waals surface area contributed by atoms with Gasteiger partial charge < -0.3 is 15.7 Å². The fraction of sp³-hybridized carbons (Fsp3) is 0.176. The van der Waals surface area contributed by atoms with E-state index in [-0.39, 0.29) is 11.4 Å². The van der Waals surface area contributed by atoms with Crippen LogP contribution in [-0.4, -0.2) is 16.9 Å². The smallest absolute Gasteiger partial charge is 0.314 e. The summed E-state index contributed by atoms with van der Waals surface area (Å²) in [4.78, 5) is 23.8. The number of amides is 2. The first-order valence-corrected chi connectivity index (χ1v) is 6.86. The molecule has 5 nitrogen and oxygen atoms in total. The van der Waals surface area contributed by atoms with Gasteiger partial charge >= 0.3 is 11.8 Å². The van der Waals surface area contributed by atoms with Crippen LogP contribution in [0.4, 0.5) is 11.4 Å². The maximum absolute atomic E-state index is 11.9. The summed E-state index contributed by atoms with van der Waals surface area (Å²) < 4.78 is 0. The molecular formula is C17H18N2O3. The highest BCUT2D eigenvalue weighted by Crippen LogP contribution is 2.23. The van der Waals surface area contributed by atoms with Crippen molar-refractivity contribution in [3.8, 4) is 5.75 Å². The minimum Gasteiger partial charge on any atom is -0.506 e. The third-order valence-corrected chi connectivity index (χ3v) is 3.37. The molecule has 0 atom stereocenters. The van der Waals surface area contributed by atoms with E-state index in [4.69, 9.17) is 0 Å². The number of phenolic OH excluding ortho intramolecular Hbond substituents is 1. The lowest BCUT2D eigenvalue weighted by molar-refractivity contribution is -0.133. The van der Waals surface area contributed by atoms with Gasteiger partial charge in [-0.15, -0.1) is 0 Å². The fourth-order valence-corrected chi connectivity index (χ4v) is 1.93. The second-order valence-corrected chi connectivity index (χ2v) is 5.23. The highest BCUT2D eigenvalue weighted by Gasteiger charge is 2.15. The molecule has 0 aliphatic carbocycles. The lowest BCUT2D eigenvalue weighted by atomic mass is 10.1. The largest absolute Gasteiger partial charge is 0.506 e. The van der Waals surface area contributed by atoms with Gasteiger partial charge in [-0.2, -0.15) is 0 Å². The number of hydrogen-bond acceptors (Lipinski definition) is 3. The Morgan fingerprint density at radius 3 is 2.18 bits per heavy atom. The van der Waals surface area contributed by atoms with Gasteiger partial charge in [-0.05, 0) is 61.7 Å². The molecule has 2 aromatic rings. The van der Waals surface area contributed by atoms with Crippen LogP contribution >= 0.6 is 0 Å². The molecule has 3 N–H and O–H groups in total. The Morgan fingerprint density at radius 2 is 1.55 bits per heavy atom. The minimum atomic E-state index is -0.836. The van der Waals surface area contributed by atoms with Crippen molar-refractivity contribution in [1.29, 1.82) is 0 Å². The molecule has 0 heterocycles. The molecule has 2 amide bonds. The van der Waals surface area contributed by atoms with Crippen molar-refractivity contribution in [3.05, 3.63) is 53.1 Å². The molecule has 0 fully saturated rings. The Hall–Kier alpha value is -2.82. The zero-order valence-electron chi connectivity index (χ0n) is 12.7. The van der Waals surface area contributed by atoms with Crippen LogP contribution in [0.1, 0.15) is 16.7 Å². The Balaban J connectivity index is 2.05. The maximum Gasteiger partial charge on any atom is 0.314 e. The van der Waals surface area contributed by atoms with Crippen molar-refractivity contribution < 1.29 is 14.7 Å². The molecule has 0 spiro atoms. The number of rotatable bonds is 2. The molecule has 114 valence electrons. The first-order valence-electron chi connectivity index (χ1n) is 6.86. The number of carbonyl (C=O) groups is 2. The van der Waals surface area contributed by atoms with Crippen LogP contribution < -0.4 is 10.6 Å². The Labute approximate surface area is 129 Å². The molecule has 2 rings (SSSR count). The van der Waals surface area contributed by atoms with Crippen LogP contribution in [0, 0.1) is 20.8 Å². The summed E-state index contributed by atoms with van der Waals surface area (Å²) in [5.41, 5.74) is 3.73. The standard InChI is InChI=1S/C17H18N2O3/c1-10-4-7-14(15(20)8-10)19-17(22)16(21)18-13-6-5-11(2)12(3)9-13/h4-9,20H,1-3H3,(H,18,21)(H,19,22). The Bertz CT molecular complexity index is 739. The monoisotopic (exact) mass is 298 g/mol. The zero-order valence-corrected chi connectivity index (χ0v) is 12.7. The van der Waals surface area contributed by atoms with Crippen molar-refractivity contribution in [2.75, 3.05) is 10.6 Å². The predicted octanol–water partition coefficient (Wildman–Crippen LogP) is 2.89. The molecule has 2 aromatic carbocycles. The van der Waals surface area contributed by atoms with Crippen molar-refractivity contribution in [1.82, 2.24) is 0 Å². The Morgan fingerprint density at radius 1 is 0.864 bits per heavy atom. The highest BCUT2D eigenvalue weighted by molar-refractivity contribution is 6.43. The topological polar surface area (TPSA) is 78.4 Å². The van der Waals surface area contributed by atoms with Crippen LogP contribution in [0.15, 0.2) is 36.4 Å². The van der Waals surface area contributed by atoms with Crippen LogP contribution in [0.5, 0.6) is 5.75 Å². The summed E-state index contributed by atoms with van der Waals surface area (Å²) in [5.74, 6) is -1.70. The summed E-state index contributed by atoms with van der Waals surface area (Å²) >= 11 is 0.